The predicted octanol–water partition coefficient (Wildman–Crippen LogP) is 2.69. The molecule has 0 fully saturated rings. The summed E-state index contributed by atoms with van der Waals surface area (Å²) in [5.41, 5.74) is 6.71. The molecule has 4 rings (SSSR count). The summed E-state index contributed by atoms with van der Waals surface area (Å²) in [6, 6.07) is 16.7. The topological polar surface area (TPSA) is 151 Å². The highest BCUT2D eigenvalue weighted by Gasteiger charge is 2.24. The molecule has 196 valence electrons. The van der Waals surface area contributed by atoms with Crippen LogP contribution in [0.15, 0.2) is 68.5 Å². The van der Waals surface area contributed by atoms with Gasteiger partial charge in [-0.05, 0) is 24.1 Å². The minimum absolute atomic E-state index is 0.00468. The molecule has 11 nitrogen and oxygen atoms in total. The zero-order valence-corrected chi connectivity index (χ0v) is 22.2. The summed E-state index contributed by atoms with van der Waals surface area (Å²) in [6.07, 6.45) is 0. The first-order valence-electron chi connectivity index (χ1n) is 11.3. The molecule has 2 aromatic carbocycles. The molecule has 2 heterocycles. The van der Waals surface area contributed by atoms with Gasteiger partial charge in [0.2, 0.25) is 5.13 Å². The van der Waals surface area contributed by atoms with Crippen LogP contribution in [0.5, 0.6) is 0 Å². The number of hydrogen-bond acceptors (Lipinski definition) is 11. The Kier molecular flexibility index (Phi) is 8.38. The van der Waals surface area contributed by atoms with Gasteiger partial charge in [0.15, 0.2) is 10.1 Å². The molecule has 0 atom stereocenters. The molecule has 0 aliphatic carbocycles. The Bertz CT molecular complexity index is 1600. The van der Waals surface area contributed by atoms with E-state index in [1.807, 2.05) is 37.3 Å². The molecule has 3 N–H and O–H groups in total. The highest BCUT2D eigenvalue weighted by Crippen LogP contribution is 2.29. The molecule has 0 saturated heterocycles. The summed E-state index contributed by atoms with van der Waals surface area (Å²) in [5.74, 6) is -1.87. The number of benzene rings is 2. The summed E-state index contributed by atoms with van der Waals surface area (Å²) in [5, 5.41) is 11.9. The minimum Gasteiger partial charge on any atom is -0.468 e. The summed E-state index contributed by atoms with van der Waals surface area (Å²) >= 11 is 2.34. The smallest absolute Gasteiger partial charge is 0.333 e. The number of methoxy groups -OCH3 is 1. The van der Waals surface area contributed by atoms with E-state index in [2.05, 4.69) is 20.3 Å². The van der Waals surface area contributed by atoms with E-state index in [1.165, 1.54) is 11.3 Å². The lowest BCUT2D eigenvalue weighted by molar-refractivity contribution is -0.141. The largest absolute Gasteiger partial charge is 0.468 e. The van der Waals surface area contributed by atoms with E-state index in [0.29, 0.717) is 14.0 Å². The number of rotatable bonds is 10. The monoisotopic (exact) mass is 552 g/mol. The first kappa shape index (κ1) is 26.8. The Morgan fingerprint density at radius 3 is 2.47 bits per heavy atom. The summed E-state index contributed by atoms with van der Waals surface area (Å²) in [7, 11) is 1.14. The number of esters is 1. The van der Waals surface area contributed by atoms with E-state index < -0.39 is 29.5 Å². The number of carbonyl (C=O) groups is 2. The molecule has 2 aromatic heterocycles. The van der Waals surface area contributed by atoms with Gasteiger partial charge in [0.25, 0.3) is 5.56 Å². The van der Waals surface area contributed by atoms with Crippen LogP contribution >= 0.6 is 23.1 Å². The van der Waals surface area contributed by atoms with E-state index in [1.54, 1.807) is 24.3 Å². The van der Waals surface area contributed by atoms with Crippen molar-refractivity contribution in [1.29, 1.82) is 0 Å². The second-order valence-corrected chi connectivity index (χ2v) is 10.3. The number of carbonyl (C=O) groups excluding carboxylic acids is 2. The molecule has 4 aromatic rings. The number of anilines is 3. The first-order chi connectivity index (χ1) is 18.3. The van der Waals surface area contributed by atoms with Gasteiger partial charge in [0.05, 0.1) is 19.4 Å². The van der Waals surface area contributed by atoms with Crippen LogP contribution in [-0.2, 0) is 22.6 Å². The van der Waals surface area contributed by atoms with E-state index in [9.17, 15) is 19.2 Å². The van der Waals surface area contributed by atoms with E-state index in [-0.39, 0.29) is 23.7 Å². The standard InChI is InChI=1S/C25H24N6O5S2/c1-15-8-6-7-11-17(15)27-23-28-29-24(38-23)37-14-18(32)20-21(26)30(12-16-9-4-3-5-10-16)25(35)31(22(20)34)13-19(33)36-2/h3-11H,12-14,26H2,1-2H3,(H,27,28). The van der Waals surface area contributed by atoms with Crippen molar-refractivity contribution in [1.82, 2.24) is 19.3 Å². The molecule has 0 saturated carbocycles. The van der Waals surface area contributed by atoms with Gasteiger partial charge >= 0.3 is 11.7 Å². The van der Waals surface area contributed by atoms with Gasteiger partial charge < -0.3 is 15.8 Å². The van der Waals surface area contributed by atoms with Crippen LogP contribution in [0, 0.1) is 6.92 Å². The zero-order chi connectivity index (χ0) is 27.2. The van der Waals surface area contributed by atoms with Crippen molar-refractivity contribution in [2.45, 2.75) is 24.4 Å². The van der Waals surface area contributed by atoms with Gasteiger partial charge in [-0.15, -0.1) is 10.2 Å². The number of ketones is 1. The normalized spacial score (nSPS) is 10.8. The van der Waals surface area contributed by atoms with E-state index >= 15 is 0 Å². The van der Waals surface area contributed by atoms with Crippen LogP contribution in [0.2, 0.25) is 0 Å². The number of Topliss-reactive ketones (excluding diaryl/α,β-unsaturated/α-hetero) is 1. The lowest BCUT2D eigenvalue weighted by atomic mass is 10.2. The summed E-state index contributed by atoms with van der Waals surface area (Å²) in [6.45, 7) is 1.32. The maximum Gasteiger partial charge on any atom is 0.333 e. The van der Waals surface area contributed by atoms with Crippen LogP contribution in [0.4, 0.5) is 16.6 Å². The Hall–Kier alpha value is -4.23. The number of nitrogens with zero attached hydrogens (tertiary/aromatic N) is 4. The number of para-hydroxylation sites is 1. The molecule has 0 radical (unpaired) electrons. The number of thioether (sulfide) groups is 1. The van der Waals surface area contributed by atoms with Crippen molar-refractivity contribution < 1.29 is 14.3 Å². The molecule has 13 heteroatoms. The summed E-state index contributed by atoms with van der Waals surface area (Å²) < 4.78 is 6.89. The van der Waals surface area contributed by atoms with Crippen molar-refractivity contribution >= 4 is 51.5 Å². The quantitative estimate of drug-likeness (QED) is 0.171. The van der Waals surface area contributed by atoms with Gasteiger partial charge in [-0.25, -0.2) is 9.36 Å². The van der Waals surface area contributed by atoms with Crippen molar-refractivity contribution in [3.8, 4) is 0 Å². The Labute approximate surface area is 225 Å². The highest BCUT2D eigenvalue weighted by molar-refractivity contribution is 8.01. The zero-order valence-electron chi connectivity index (χ0n) is 20.5. The number of aromatic nitrogens is 4. The third-order valence-electron chi connectivity index (χ3n) is 5.56. The third kappa shape index (κ3) is 6.01. The Morgan fingerprint density at radius 1 is 1.05 bits per heavy atom. The molecule has 38 heavy (non-hydrogen) atoms. The van der Waals surface area contributed by atoms with Crippen molar-refractivity contribution in [3.63, 3.8) is 0 Å². The lowest BCUT2D eigenvalue weighted by Gasteiger charge is -2.16. The number of ether oxygens (including phenoxy) is 1. The minimum atomic E-state index is -0.952. The third-order valence-corrected chi connectivity index (χ3v) is 7.54. The van der Waals surface area contributed by atoms with Gasteiger partial charge in [0, 0.05) is 5.69 Å². The molecule has 0 spiro atoms. The number of nitrogens with one attached hydrogen (secondary N) is 1. The maximum absolute atomic E-state index is 13.2. The van der Waals surface area contributed by atoms with Crippen LogP contribution in [0.1, 0.15) is 21.5 Å². The lowest BCUT2D eigenvalue weighted by Crippen LogP contribution is -2.45. The number of nitrogens with two attached hydrogens (primary N) is 1. The Morgan fingerprint density at radius 2 is 1.76 bits per heavy atom. The molecule has 0 aliphatic heterocycles. The second kappa shape index (κ2) is 11.9. The van der Waals surface area contributed by atoms with Crippen LogP contribution in [-0.4, -0.2) is 43.9 Å². The second-order valence-electron chi connectivity index (χ2n) is 8.11. The van der Waals surface area contributed by atoms with Gasteiger partial charge in [-0.3, -0.25) is 19.0 Å². The van der Waals surface area contributed by atoms with Crippen LogP contribution in [0.3, 0.4) is 0 Å². The molecular weight excluding hydrogens is 528 g/mol. The summed E-state index contributed by atoms with van der Waals surface area (Å²) in [4.78, 5) is 51.4. The fraction of sp³-hybridized carbons (Fsp3) is 0.200. The number of hydrogen-bond donors (Lipinski definition) is 2. The molecular formula is C25H24N6O5S2. The van der Waals surface area contributed by atoms with E-state index in [4.69, 9.17) is 5.73 Å². The molecule has 0 unspecified atom stereocenters. The molecule has 0 aliphatic rings. The predicted molar refractivity (Wildman–Crippen MR) is 146 cm³/mol. The fourth-order valence-electron chi connectivity index (χ4n) is 3.58. The van der Waals surface area contributed by atoms with Gasteiger partial charge in [0.1, 0.15) is 17.9 Å². The average molecular weight is 553 g/mol. The number of nitrogen functional groups attached to an aromatic ring is 1. The van der Waals surface area contributed by atoms with Gasteiger partial charge in [-0.2, -0.15) is 0 Å². The van der Waals surface area contributed by atoms with E-state index in [0.717, 1.165) is 40.3 Å². The Balaban J connectivity index is 1.60. The SMILES string of the molecule is COC(=O)Cn1c(=O)c(C(=O)CSc2nnc(Nc3ccccc3C)s2)c(N)n(Cc2ccccc2)c1=O. The maximum atomic E-state index is 13.2. The van der Waals surface area contributed by atoms with Crippen LogP contribution < -0.4 is 22.3 Å². The van der Waals surface area contributed by atoms with Crippen molar-refractivity contribution in [2.24, 2.45) is 0 Å². The molecule has 0 bridgehead atoms. The fourth-order valence-corrected chi connectivity index (χ4v) is 5.21. The highest BCUT2D eigenvalue weighted by atomic mass is 32.2. The number of aryl methyl sites for hydroxylation is 1. The van der Waals surface area contributed by atoms with Crippen molar-refractivity contribution in [3.05, 3.63) is 92.1 Å². The van der Waals surface area contributed by atoms with Gasteiger partial charge in [-0.1, -0.05) is 71.6 Å². The first-order valence-corrected chi connectivity index (χ1v) is 13.1. The molecule has 0 amide bonds. The van der Waals surface area contributed by atoms with Crippen LogP contribution in [0.25, 0.3) is 0 Å². The average Bonchev–Trinajstić information content (AvgIpc) is 3.37. The van der Waals surface area contributed by atoms with Crippen molar-refractivity contribution in [2.75, 3.05) is 23.9 Å².